The number of benzene rings is 1. The molecule has 0 spiro atoms. The molecule has 2 saturated carbocycles. The summed E-state index contributed by atoms with van der Waals surface area (Å²) in [6, 6.07) is 3.63. The van der Waals surface area contributed by atoms with Crippen LogP contribution in [0.3, 0.4) is 0 Å². The van der Waals surface area contributed by atoms with Gasteiger partial charge in [0.05, 0.1) is 24.9 Å². The number of methoxy groups -OCH3 is 2. The summed E-state index contributed by atoms with van der Waals surface area (Å²) < 4.78 is 11.4. The number of hydrazone groups is 1. The Labute approximate surface area is 144 Å². The monoisotopic (exact) mass is 380 g/mol. The van der Waals surface area contributed by atoms with Gasteiger partial charge in [-0.05, 0) is 46.7 Å². The van der Waals surface area contributed by atoms with Crippen LogP contribution in [-0.4, -0.2) is 26.3 Å². The summed E-state index contributed by atoms with van der Waals surface area (Å²) in [4.78, 5) is 12.2. The molecule has 2 aliphatic rings. The minimum Gasteiger partial charge on any atom is -0.496 e. The maximum absolute atomic E-state index is 12.2. The molecule has 1 aromatic rings. The number of halogens is 1. The second-order valence-electron chi connectivity index (χ2n) is 6.10. The highest BCUT2D eigenvalue weighted by Crippen LogP contribution is 2.55. The van der Waals surface area contributed by atoms with E-state index in [-0.39, 0.29) is 11.8 Å². The summed E-state index contributed by atoms with van der Waals surface area (Å²) in [5.74, 6) is 2.71. The van der Waals surface area contributed by atoms with Gasteiger partial charge in [-0.15, -0.1) is 0 Å². The van der Waals surface area contributed by atoms with Gasteiger partial charge in [-0.3, -0.25) is 4.79 Å². The number of amides is 1. The molecule has 3 rings (SSSR count). The first kappa shape index (κ1) is 16.3. The van der Waals surface area contributed by atoms with E-state index in [1.165, 1.54) is 25.7 Å². The van der Waals surface area contributed by atoms with E-state index in [4.69, 9.17) is 9.47 Å². The molecule has 23 heavy (non-hydrogen) atoms. The summed E-state index contributed by atoms with van der Waals surface area (Å²) >= 11 is 3.44. The lowest BCUT2D eigenvalue weighted by Gasteiger charge is -2.09. The van der Waals surface area contributed by atoms with Crippen LogP contribution in [0.25, 0.3) is 0 Å². The van der Waals surface area contributed by atoms with Crippen LogP contribution in [0.15, 0.2) is 21.7 Å². The Morgan fingerprint density at radius 2 is 1.87 bits per heavy atom. The van der Waals surface area contributed by atoms with Crippen molar-refractivity contribution in [2.45, 2.75) is 25.7 Å². The van der Waals surface area contributed by atoms with Crippen LogP contribution in [0.2, 0.25) is 0 Å². The molecule has 0 radical (unpaired) electrons. The van der Waals surface area contributed by atoms with E-state index in [0.717, 1.165) is 10.0 Å². The Morgan fingerprint density at radius 3 is 2.48 bits per heavy atom. The highest BCUT2D eigenvalue weighted by Gasteiger charge is 2.54. The van der Waals surface area contributed by atoms with Crippen LogP contribution in [0.1, 0.15) is 31.2 Å². The number of fused-ring (bicyclic) bond motifs is 1. The van der Waals surface area contributed by atoms with E-state index in [1.807, 2.05) is 6.07 Å². The average molecular weight is 381 g/mol. The molecule has 2 fully saturated rings. The van der Waals surface area contributed by atoms with Gasteiger partial charge in [0.25, 0.3) is 0 Å². The van der Waals surface area contributed by atoms with E-state index < -0.39 is 0 Å². The molecule has 2 atom stereocenters. The summed E-state index contributed by atoms with van der Waals surface area (Å²) in [7, 11) is 3.19. The van der Waals surface area contributed by atoms with Gasteiger partial charge >= 0.3 is 0 Å². The lowest BCUT2D eigenvalue weighted by atomic mass is 10.0. The molecule has 5 nitrogen and oxygen atoms in total. The number of hydrogen-bond donors (Lipinski definition) is 1. The molecule has 1 amide bonds. The number of nitrogens with one attached hydrogen (secondary N) is 1. The molecule has 124 valence electrons. The minimum atomic E-state index is 0.0460. The highest BCUT2D eigenvalue weighted by atomic mass is 79.9. The van der Waals surface area contributed by atoms with Gasteiger partial charge in [0, 0.05) is 17.5 Å². The number of carbonyl (C=O) groups is 1. The third-order valence-corrected chi connectivity index (χ3v) is 5.46. The minimum absolute atomic E-state index is 0.0460. The molecule has 2 aliphatic carbocycles. The molecular formula is C17H21BrN2O3. The van der Waals surface area contributed by atoms with Gasteiger partial charge in [0.15, 0.2) is 0 Å². The van der Waals surface area contributed by atoms with Gasteiger partial charge < -0.3 is 9.47 Å². The van der Waals surface area contributed by atoms with Gasteiger partial charge in [-0.1, -0.05) is 12.8 Å². The van der Waals surface area contributed by atoms with Crippen LogP contribution in [-0.2, 0) is 4.79 Å². The summed E-state index contributed by atoms with van der Waals surface area (Å²) in [5, 5.41) is 4.10. The standard InChI is InChI=1S/C17H21BrN2O3/c1-22-14-8-15(23-2)13(18)7-10(14)9-19-20-17(21)16-11-5-3-4-6-12(11)16/h7-9,11-12,16H,3-6H2,1-2H3,(H,20,21)/b19-9-/t11-,12-/m1/s1. The summed E-state index contributed by atoms with van der Waals surface area (Å²) in [6.45, 7) is 0. The molecule has 0 heterocycles. The number of rotatable bonds is 5. The van der Waals surface area contributed by atoms with E-state index in [9.17, 15) is 4.79 Å². The quantitative estimate of drug-likeness (QED) is 0.629. The maximum atomic E-state index is 12.2. The maximum Gasteiger partial charge on any atom is 0.243 e. The van der Waals surface area contributed by atoms with Gasteiger partial charge in [0.1, 0.15) is 11.5 Å². The van der Waals surface area contributed by atoms with Crippen molar-refractivity contribution < 1.29 is 14.3 Å². The first-order chi connectivity index (χ1) is 11.2. The second kappa shape index (κ2) is 6.91. The number of carbonyl (C=O) groups excluding carboxylic acids is 1. The Balaban J connectivity index is 1.64. The molecule has 1 aromatic carbocycles. The topological polar surface area (TPSA) is 59.9 Å². The molecular weight excluding hydrogens is 360 g/mol. The van der Waals surface area contributed by atoms with Crippen molar-refractivity contribution in [3.8, 4) is 11.5 Å². The largest absolute Gasteiger partial charge is 0.496 e. The molecule has 0 aliphatic heterocycles. The third-order valence-electron chi connectivity index (χ3n) is 4.84. The van der Waals surface area contributed by atoms with Gasteiger partial charge in [0.2, 0.25) is 5.91 Å². The molecule has 0 saturated heterocycles. The number of hydrogen-bond acceptors (Lipinski definition) is 4. The van der Waals surface area contributed by atoms with E-state index in [2.05, 4.69) is 26.5 Å². The third kappa shape index (κ3) is 3.37. The normalized spacial score (nSPS) is 25.8. The predicted molar refractivity (Wildman–Crippen MR) is 91.9 cm³/mol. The van der Waals surface area contributed by atoms with Gasteiger partial charge in [-0.2, -0.15) is 5.10 Å². The average Bonchev–Trinajstić information content (AvgIpc) is 3.29. The van der Waals surface area contributed by atoms with Crippen molar-refractivity contribution in [1.29, 1.82) is 0 Å². The zero-order valence-electron chi connectivity index (χ0n) is 13.3. The number of ether oxygens (including phenoxy) is 2. The zero-order valence-corrected chi connectivity index (χ0v) is 14.9. The Bertz CT molecular complexity index is 621. The highest BCUT2D eigenvalue weighted by molar-refractivity contribution is 9.10. The predicted octanol–water partition coefficient (Wildman–Crippen LogP) is 3.35. The van der Waals surface area contributed by atoms with E-state index in [0.29, 0.717) is 23.3 Å². The van der Waals surface area contributed by atoms with Crippen LogP contribution in [0.4, 0.5) is 0 Å². The van der Waals surface area contributed by atoms with Crippen molar-refractivity contribution in [3.63, 3.8) is 0 Å². The lowest BCUT2D eigenvalue weighted by molar-refractivity contribution is -0.122. The number of nitrogens with zero attached hydrogens (tertiary/aromatic N) is 1. The van der Waals surface area contributed by atoms with Crippen LogP contribution >= 0.6 is 15.9 Å². The fourth-order valence-electron chi connectivity index (χ4n) is 3.61. The van der Waals surface area contributed by atoms with E-state index >= 15 is 0 Å². The lowest BCUT2D eigenvalue weighted by Crippen LogP contribution is -2.20. The van der Waals surface area contributed by atoms with Crippen LogP contribution in [0.5, 0.6) is 11.5 Å². The van der Waals surface area contributed by atoms with Crippen molar-refractivity contribution in [1.82, 2.24) is 5.43 Å². The summed E-state index contributed by atoms with van der Waals surface area (Å²) in [5.41, 5.74) is 3.45. The van der Waals surface area contributed by atoms with Crippen molar-refractivity contribution >= 4 is 28.1 Å². The second-order valence-corrected chi connectivity index (χ2v) is 6.96. The first-order valence-corrected chi connectivity index (χ1v) is 8.69. The SMILES string of the molecule is COc1cc(OC)c(/C=N\NC(=O)C2[C@@H]3CCCC[C@@H]23)cc1Br. The molecule has 0 aromatic heterocycles. The van der Waals surface area contributed by atoms with Gasteiger partial charge in [-0.25, -0.2) is 5.43 Å². The zero-order chi connectivity index (χ0) is 16.4. The molecule has 1 N–H and O–H groups in total. The smallest absolute Gasteiger partial charge is 0.243 e. The molecule has 6 heteroatoms. The molecule has 0 bridgehead atoms. The first-order valence-electron chi connectivity index (χ1n) is 7.90. The van der Waals surface area contributed by atoms with Crippen molar-refractivity contribution in [3.05, 3.63) is 22.2 Å². The van der Waals surface area contributed by atoms with E-state index in [1.54, 1.807) is 26.5 Å². The fraction of sp³-hybridized carbons (Fsp3) is 0.529. The molecule has 0 unspecified atom stereocenters. The van der Waals surface area contributed by atoms with Crippen molar-refractivity contribution in [2.75, 3.05) is 14.2 Å². The van der Waals surface area contributed by atoms with Crippen molar-refractivity contribution in [2.24, 2.45) is 22.9 Å². The Hall–Kier alpha value is -1.56. The van der Waals surface area contributed by atoms with Crippen LogP contribution < -0.4 is 14.9 Å². The summed E-state index contributed by atoms with van der Waals surface area (Å²) in [6.07, 6.45) is 6.49. The van der Waals surface area contributed by atoms with Crippen LogP contribution in [0, 0.1) is 17.8 Å². The Kier molecular flexibility index (Phi) is 4.90. The fourth-order valence-corrected chi connectivity index (χ4v) is 4.13. The Morgan fingerprint density at radius 1 is 1.22 bits per heavy atom.